The maximum absolute atomic E-state index is 11.2. The van der Waals surface area contributed by atoms with E-state index in [0.29, 0.717) is 10.6 Å². The van der Waals surface area contributed by atoms with E-state index in [1.54, 1.807) is 19.1 Å². The fourth-order valence-corrected chi connectivity index (χ4v) is 1.47. The second kappa shape index (κ2) is 2.89. The quantitative estimate of drug-likeness (QED) is 0.685. The molecule has 1 N–H and O–H groups in total. The van der Waals surface area contributed by atoms with E-state index in [2.05, 4.69) is 4.98 Å². The van der Waals surface area contributed by atoms with Crippen LogP contribution in [0.25, 0.3) is 10.9 Å². The van der Waals surface area contributed by atoms with E-state index in [4.69, 9.17) is 11.6 Å². The van der Waals surface area contributed by atoms with E-state index < -0.39 is 0 Å². The summed E-state index contributed by atoms with van der Waals surface area (Å²) in [5.41, 5.74) is 1.48. The van der Waals surface area contributed by atoms with Crippen LogP contribution in [0.3, 0.4) is 0 Å². The van der Waals surface area contributed by atoms with Crippen LogP contribution in [0.5, 0.6) is 0 Å². The van der Waals surface area contributed by atoms with Gasteiger partial charge in [0, 0.05) is 16.1 Å². The van der Waals surface area contributed by atoms with Crippen LogP contribution in [0.4, 0.5) is 0 Å². The zero-order valence-electron chi connectivity index (χ0n) is 7.10. The van der Waals surface area contributed by atoms with Gasteiger partial charge in [-0.2, -0.15) is 0 Å². The molecule has 66 valence electrons. The third-order valence-electron chi connectivity index (χ3n) is 1.99. The van der Waals surface area contributed by atoms with Crippen LogP contribution in [0.15, 0.2) is 29.1 Å². The maximum Gasteiger partial charge on any atom is 0.251 e. The van der Waals surface area contributed by atoms with Gasteiger partial charge in [0.15, 0.2) is 0 Å². The number of benzene rings is 1. The van der Waals surface area contributed by atoms with E-state index in [1.807, 2.05) is 12.1 Å². The Hall–Kier alpha value is -1.28. The van der Waals surface area contributed by atoms with Crippen LogP contribution in [0, 0.1) is 6.92 Å². The molecule has 3 heteroatoms. The van der Waals surface area contributed by atoms with Crippen LogP contribution in [0.2, 0.25) is 5.02 Å². The van der Waals surface area contributed by atoms with E-state index in [-0.39, 0.29) is 5.56 Å². The summed E-state index contributed by atoms with van der Waals surface area (Å²) in [6.45, 7) is 1.78. The molecular weight excluding hydrogens is 186 g/mol. The van der Waals surface area contributed by atoms with Crippen molar-refractivity contribution in [2.45, 2.75) is 6.92 Å². The second-order valence-electron chi connectivity index (χ2n) is 3.01. The molecular formula is C10H8ClNO. The lowest BCUT2D eigenvalue weighted by atomic mass is 10.2. The van der Waals surface area contributed by atoms with E-state index in [0.717, 1.165) is 10.9 Å². The Bertz CT molecular complexity index is 516. The van der Waals surface area contributed by atoms with Gasteiger partial charge in [0.2, 0.25) is 0 Å². The van der Waals surface area contributed by atoms with Crippen LogP contribution in [0.1, 0.15) is 5.56 Å². The van der Waals surface area contributed by atoms with Crippen LogP contribution in [-0.2, 0) is 0 Å². The third kappa shape index (κ3) is 1.45. The number of hydrogen-bond acceptors (Lipinski definition) is 1. The number of hydrogen-bond donors (Lipinski definition) is 1. The van der Waals surface area contributed by atoms with Crippen LogP contribution in [-0.4, -0.2) is 4.98 Å². The summed E-state index contributed by atoms with van der Waals surface area (Å²) in [6.07, 6.45) is 0. The standard InChI is InChI=1S/C10H8ClNO/c1-6-4-7-5-8(11)2-3-9(7)12-10(6)13/h2-5H,1H3,(H,12,13). The second-order valence-corrected chi connectivity index (χ2v) is 3.45. The van der Waals surface area contributed by atoms with Crippen LogP contribution < -0.4 is 5.56 Å². The van der Waals surface area contributed by atoms with Crippen molar-refractivity contribution < 1.29 is 0 Å². The minimum atomic E-state index is -0.0465. The first kappa shape index (κ1) is 8.32. The Balaban J connectivity index is 2.89. The first-order valence-corrected chi connectivity index (χ1v) is 4.34. The number of aromatic amines is 1. The number of pyridine rings is 1. The number of H-pyrrole nitrogens is 1. The van der Waals surface area contributed by atoms with Crippen molar-refractivity contribution in [2.24, 2.45) is 0 Å². The Morgan fingerprint density at radius 1 is 1.31 bits per heavy atom. The van der Waals surface area contributed by atoms with E-state index in [1.165, 1.54) is 0 Å². The molecule has 1 aromatic heterocycles. The number of fused-ring (bicyclic) bond motifs is 1. The zero-order chi connectivity index (χ0) is 9.42. The zero-order valence-corrected chi connectivity index (χ0v) is 7.85. The molecule has 0 aliphatic rings. The molecule has 0 amide bonds. The summed E-state index contributed by atoms with van der Waals surface area (Å²) in [5.74, 6) is 0. The van der Waals surface area contributed by atoms with Gasteiger partial charge in [-0.25, -0.2) is 0 Å². The van der Waals surface area contributed by atoms with Crippen molar-refractivity contribution >= 4 is 22.5 Å². The maximum atomic E-state index is 11.2. The molecule has 0 aliphatic heterocycles. The highest BCUT2D eigenvalue weighted by Crippen LogP contribution is 2.16. The first-order valence-electron chi connectivity index (χ1n) is 3.96. The highest BCUT2D eigenvalue weighted by molar-refractivity contribution is 6.31. The molecule has 2 aromatic rings. The number of aryl methyl sites for hydroxylation is 1. The number of halogens is 1. The summed E-state index contributed by atoms with van der Waals surface area (Å²) in [4.78, 5) is 14.0. The molecule has 1 heterocycles. The van der Waals surface area contributed by atoms with Gasteiger partial charge >= 0.3 is 0 Å². The summed E-state index contributed by atoms with van der Waals surface area (Å²) in [5, 5.41) is 1.64. The molecule has 0 saturated heterocycles. The topological polar surface area (TPSA) is 32.9 Å². The monoisotopic (exact) mass is 193 g/mol. The van der Waals surface area contributed by atoms with Gasteiger partial charge in [0.1, 0.15) is 0 Å². The van der Waals surface area contributed by atoms with E-state index in [9.17, 15) is 4.79 Å². The van der Waals surface area contributed by atoms with Crippen molar-refractivity contribution in [3.63, 3.8) is 0 Å². The number of nitrogens with one attached hydrogen (secondary N) is 1. The highest BCUT2D eigenvalue weighted by atomic mass is 35.5. The predicted octanol–water partition coefficient (Wildman–Crippen LogP) is 2.49. The van der Waals surface area contributed by atoms with Crippen molar-refractivity contribution in [3.8, 4) is 0 Å². The normalized spacial score (nSPS) is 10.6. The summed E-state index contributed by atoms with van der Waals surface area (Å²) < 4.78 is 0. The van der Waals surface area contributed by atoms with Crippen molar-refractivity contribution in [3.05, 3.63) is 45.2 Å². The minimum absolute atomic E-state index is 0.0465. The SMILES string of the molecule is Cc1cc2cc(Cl)ccc2[nH]c1=O. The Morgan fingerprint density at radius 2 is 2.08 bits per heavy atom. The summed E-state index contributed by atoms with van der Waals surface area (Å²) in [7, 11) is 0. The van der Waals surface area contributed by atoms with Gasteiger partial charge in [-0.15, -0.1) is 0 Å². The molecule has 0 bridgehead atoms. The van der Waals surface area contributed by atoms with Gasteiger partial charge in [-0.3, -0.25) is 4.79 Å². The molecule has 0 radical (unpaired) electrons. The van der Waals surface area contributed by atoms with Crippen molar-refractivity contribution in [2.75, 3.05) is 0 Å². The fourth-order valence-electron chi connectivity index (χ4n) is 1.29. The number of aromatic nitrogens is 1. The van der Waals surface area contributed by atoms with Crippen molar-refractivity contribution in [1.82, 2.24) is 4.98 Å². The lowest BCUT2D eigenvalue weighted by molar-refractivity contribution is 1.24. The lowest BCUT2D eigenvalue weighted by Crippen LogP contribution is -2.08. The molecule has 1 aromatic carbocycles. The van der Waals surface area contributed by atoms with Gasteiger partial charge in [-0.1, -0.05) is 11.6 Å². The van der Waals surface area contributed by atoms with Gasteiger partial charge in [0.25, 0.3) is 5.56 Å². The Kier molecular flexibility index (Phi) is 1.85. The number of rotatable bonds is 0. The highest BCUT2D eigenvalue weighted by Gasteiger charge is 1.98. The van der Waals surface area contributed by atoms with Crippen LogP contribution >= 0.6 is 11.6 Å². The molecule has 0 unspecified atom stereocenters. The smallest absolute Gasteiger partial charge is 0.251 e. The largest absolute Gasteiger partial charge is 0.322 e. The third-order valence-corrected chi connectivity index (χ3v) is 2.23. The predicted molar refractivity (Wildman–Crippen MR) is 54.3 cm³/mol. The van der Waals surface area contributed by atoms with E-state index >= 15 is 0 Å². The fraction of sp³-hybridized carbons (Fsp3) is 0.100. The minimum Gasteiger partial charge on any atom is -0.322 e. The molecule has 13 heavy (non-hydrogen) atoms. The molecule has 0 spiro atoms. The molecule has 2 rings (SSSR count). The average Bonchev–Trinajstić information content (AvgIpc) is 2.08. The molecule has 0 atom stereocenters. The average molecular weight is 194 g/mol. The first-order chi connectivity index (χ1) is 6.16. The molecule has 0 saturated carbocycles. The molecule has 0 fully saturated rings. The summed E-state index contributed by atoms with van der Waals surface area (Å²) in [6, 6.07) is 7.23. The van der Waals surface area contributed by atoms with Gasteiger partial charge < -0.3 is 4.98 Å². The Labute approximate surface area is 80.2 Å². The summed E-state index contributed by atoms with van der Waals surface area (Å²) >= 11 is 5.82. The molecule has 2 nitrogen and oxygen atoms in total. The lowest BCUT2D eigenvalue weighted by Gasteiger charge is -1.99. The molecule has 0 aliphatic carbocycles. The van der Waals surface area contributed by atoms with Gasteiger partial charge in [0.05, 0.1) is 0 Å². The Morgan fingerprint density at radius 3 is 2.85 bits per heavy atom. The van der Waals surface area contributed by atoms with Gasteiger partial charge in [-0.05, 0) is 36.6 Å². The van der Waals surface area contributed by atoms with Crippen molar-refractivity contribution in [1.29, 1.82) is 0 Å².